The van der Waals surface area contributed by atoms with Gasteiger partial charge in [-0.15, -0.1) is 0 Å². The van der Waals surface area contributed by atoms with Gasteiger partial charge in [0.1, 0.15) is 0 Å². The molecular formula is C11H12F3NO2. The lowest BCUT2D eigenvalue weighted by Gasteiger charge is -2.12. The molecule has 0 radical (unpaired) electrons. The first-order chi connectivity index (χ1) is 7.90. The number of carbonyl (C=O) groups excluding carboxylic acids is 1. The van der Waals surface area contributed by atoms with Gasteiger partial charge >= 0.3 is 12.1 Å². The Morgan fingerprint density at radius 3 is 2.53 bits per heavy atom. The number of hydrogen-bond donors (Lipinski definition) is 1. The molecule has 0 aromatic heterocycles. The van der Waals surface area contributed by atoms with Crippen LogP contribution in [0.4, 0.5) is 13.2 Å². The Morgan fingerprint density at radius 2 is 2.06 bits per heavy atom. The van der Waals surface area contributed by atoms with Crippen LogP contribution in [0.25, 0.3) is 0 Å². The summed E-state index contributed by atoms with van der Waals surface area (Å²) in [5.74, 6) is -0.776. The topological polar surface area (TPSA) is 52.3 Å². The molecule has 1 aromatic carbocycles. The second-order valence-corrected chi connectivity index (χ2v) is 3.29. The van der Waals surface area contributed by atoms with Crippen molar-refractivity contribution in [3.63, 3.8) is 0 Å². The van der Waals surface area contributed by atoms with Crippen LogP contribution in [-0.2, 0) is 17.5 Å². The SMILES string of the molecule is CCOC(=O)c1ccc(CN)c(C(F)(F)F)c1. The molecular weight excluding hydrogens is 235 g/mol. The molecule has 0 spiro atoms. The van der Waals surface area contributed by atoms with Crippen LogP contribution in [0.2, 0.25) is 0 Å². The summed E-state index contributed by atoms with van der Waals surface area (Å²) >= 11 is 0. The van der Waals surface area contributed by atoms with Gasteiger partial charge in [0.05, 0.1) is 17.7 Å². The van der Waals surface area contributed by atoms with Gasteiger partial charge in [-0.05, 0) is 24.6 Å². The van der Waals surface area contributed by atoms with E-state index in [1.807, 2.05) is 0 Å². The van der Waals surface area contributed by atoms with Gasteiger partial charge in [-0.3, -0.25) is 0 Å². The van der Waals surface area contributed by atoms with Crippen molar-refractivity contribution in [1.82, 2.24) is 0 Å². The molecule has 0 saturated heterocycles. The smallest absolute Gasteiger partial charge is 0.416 e. The third-order valence-electron chi connectivity index (χ3n) is 2.15. The molecule has 3 nitrogen and oxygen atoms in total. The largest absolute Gasteiger partial charge is 0.462 e. The van der Waals surface area contributed by atoms with E-state index in [4.69, 9.17) is 5.73 Å². The summed E-state index contributed by atoms with van der Waals surface area (Å²) in [5, 5.41) is 0. The van der Waals surface area contributed by atoms with Crippen LogP contribution in [-0.4, -0.2) is 12.6 Å². The highest BCUT2D eigenvalue weighted by molar-refractivity contribution is 5.89. The van der Waals surface area contributed by atoms with E-state index in [0.717, 1.165) is 6.07 Å². The Labute approximate surface area is 96.4 Å². The molecule has 0 fully saturated rings. The molecule has 0 aliphatic carbocycles. The molecule has 2 N–H and O–H groups in total. The first-order valence-electron chi connectivity index (χ1n) is 4.97. The number of nitrogens with two attached hydrogens (primary N) is 1. The van der Waals surface area contributed by atoms with E-state index >= 15 is 0 Å². The third kappa shape index (κ3) is 3.20. The van der Waals surface area contributed by atoms with Gasteiger partial charge in [-0.2, -0.15) is 13.2 Å². The van der Waals surface area contributed by atoms with Gasteiger partial charge in [-0.1, -0.05) is 6.07 Å². The molecule has 94 valence electrons. The standard InChI is InChI=1S/C11H12F3NO2/c1-2-17-10(16)7-3-4-8(6-15)9(5-7)11(12,13)14/h3-5H,2,6,15H2,1H3. The zero-order valence-electron chi connectivity index (χ0n) is 9.17. The summed E-state index contributed by atoms with van der Waals surface area (Å²) in [4.78, 5) is 11.3. The summed E-state index contributed by atoms with van der Waals surface area (Å²) < 4.78 is 42.6. The molecule has 0 saturated carbocycles. The van der Waals surface area contributed by atoms with Gasteiger partial charge in [0.15, 0.2) is 0 Å². The quantitative estimate of drug-likeness (QED) is 0.834. The summed E-state index contributed by atoms with van der Waals surface area (Å²) in [5.41, 5.74) is 4.14. The maximum absolute atomic E-state index is 12.7. The van der Waals surface area contributed by atoms with Gasteiger partial charge in [0, 0.05) is 6.54 Å². The molecule has 1 rings (SSSR count). The normalized spacial score (nSPS) is 11.4. The van der Waals surface area contributed by atoms with Crippen LogP contribution in [0.15, 0.2) is 18.2 Å². The molecule has 0 aliphatic rings. The van der Waals surface area contributed by atoms with Crippen LogP contribution < -0.4 is 5.73 Å². The first kappa shape index (κ1) is 13.5. The predicted octanol–water partition coefficient (Wildman–Crippen LogP) is 2.34. The van der Waals surface area contributed by atoms with Crippen LogP contribution in [0.1, 0.15) is 28.4 Å². The van der Waals surface area contributed by atoms with Crippen molar-refractivity contribution < 1.29 is 22.7 Å². The van der Waals surface area contributed by atoms with Crippen molar-refractivity contribution in [3.05, 3.63) is 34.9 Å². The number of halogens is 3. The molecule has 17 heavy (non-hydrogen) atoms. The molecule has 1 aromatic rings. The second-order valence-electron chi connectivity index (χ2n) is 3.29. The van der Waals surface area contributed by atoms with E-state index in [1.165, 1.54) is 12.1 Å². The fourth-order valence-electron chi connectivity index (χ4n) is 1.36. The van der Waals surface area contributed by atoms with Crippen molar-refractivity contribution >= 4 is 5.97 Å². The van der Waals surface area contributed by atoms with Crippen molar-refractivity contribution in [3.8, 4) is 0 Å². The van der Waals surface area contributed by atoms with E-state index < -0.39 is 17.7 Å². The molecule has 0 amide bonds. The Bertz CT molecular complexity index is 416. The van der Waals surface area contributed by atoms with E-state index in [2.05, 4.69) is 4.74 Å². The van der Waals surface area contributed by atoms with E-state index in [-0.39, 0.29) is 24.3 Å². The van der Waals surface area contributed by atoms with Crippen molar-refractivity contribution in [1.29, 1.82) is 0 Å². The van der Waals surface area contributed by atoms with Crippen LogP contribution >= 0.6 is 0 Å². The number of esters is 1. The van der Waals surface area contributed by atoms with E-state index in [9.17, 15) is 18.0 Å². The average molecular weight is 247 g/mol. The zero-order chi connectivity index (χ0) is 13.1. The number of ether oxygens (including phenoxy) is 1. The lowest BCUT2D eigenvalue weighted by atomic mass is 10.0. The lowest BCUT2D eigenvalue weighted by Crippen LogP contribution is -2.14. The minimum Gasteiger partial charge on any atom is -0.462 e. The number of benzene rings is 1. The first-order valence-corrected chi connectivity index (χ1v) is 4.97. The molecule has 0 atom stereocenters. The molecule has 0 bridgehead atoms. The molecule has 6 heteroatoms. The van der Waals surface area contributed by atoms with Crippen molar-refractivity contribution in [2.24, 2.45) is 5.73 Å². The zero-order valence-corrected chi connectivity index (χ0v) is 9.17. The number of carbonyl (C=O) groups is 1. The minimum atomic E-state index is -4.53. The summed E-state index contributed by atoms with van der Waals surface area (Å²) in [6.45, 7) is 1.45. The second kappa shape index (κ2) is 5.18. The van der Waals surface area contributed by atoms with Crippen LogP contribution in [0, 0.1) is 0 Å². The summed E-state index contributed by atoms with van der Waals surface area (Å²) in [7, 11) is 0. The highest BCUT2D eigenvalue weighted by atomic mass is 19.4. The number of rotatable bonds is 3. The average Bonchev–Trinajstić information content (AvgIpc) is 2.27. The summed E-state index contributed by atoms with van der Waals surface area (Å²) in [6, 6.07) is 3.23. The fourth-order valence-corrected chi connectivity index (χ4v) is 1.36. The van der Waals surface area contributed by atoms with Gasteiger partial charge < -0.3 is 10.5 Å². The number of hydrogen-bond acceptors (Lipinski definition) is 3. The lowest BCUT2D eigenvalue weighted by molar-refractivity contribution is -0.138. The summed E-state index contributed by atoms with van der Waals surface area (Å²) in [6.07, 6.45) is -4.53. The highest BCUT2D eigenvalue weighted by Crippen LogP contribution is 2.32. The Kier molecular flexibility index (Phi) is 4.11. The minimum absolute atomic E-state index is 0.0504. The van der Waals surface area contributed by atoms with Crippen LogP contribution in [0.5, 0.6) is 0 Å². The Morgan fingerprint density at radius 1 is 1.41 bits per heavy atom. The predicted molar refractivity (Wildman–Crippen MR) is 55.3 cm³/mol. The van der Waals surface area contributed by atoms with Crippen molar-refractivity contribution in [2.75, 3.05) is 6.61 Å². The Hall–Kier alpha value is -1.56. The molecule has 0 heterocycles. The fraction of sp³-hybridized carbons (Fsp3) is 0.364. The van der Waals surface area contributed by atoms with Gasteiger partial charge in [-0.25, -0.2) is 4.79 Å². The van der Waals surface area contributed by atoms with E-state index in [0.29, 0.717) is 0 Å². The van der Waals surface area contributed by atoms with Gasteiger partial charge in [0.25, 0.3) is 0 Å². The molecule has 0 aliphatic heterocycles. The number of alkyl halides is 3. The maximum Gasteiger partial charge on any atom is 0.416 e. The third-order valence-corrected chi connectivity index (χ3v) is 2.15. The Balaban J connectivity index is 3.18. The van der Waals surface area contributed by atoms with E-state index in [1.54, 1.807) is 6.92 Å². The monoisotopic (exact) mass is 247 g/mol. The maximum atomic E-state index is 12.7. The van der Waals surface area contributed by atoms with Gasteiger partial charge in [0.2, 0.25) is 0 Å². The highest BCUT2D eigenvalue weighted by Gasteiger charge is 2.33. The van der Waals surface area contributed by atoms with Crippen LogP contribution in [0.3, 0.4) is 0 Å². The molecule has 0 unspecified atom stereocenters. The van der Waals surface area contributed by atoms with Crippen molar-refractivity contribution in [2.45, 2.75) is 19.6 Å².